The van der Waals surface area contributed by atoms with Crippen LogP contribution >= 0.6 is 11.6 Å². The van der Waals surface area contributed by atoms with E-state index in [1.165, 1.54) is 0 Å². The van der Waals surface area contributed by atoms with Crippen LogP contribution in [0.2, 0.25) is 5.02 Å². The largest absolute Gasteiger partial charge is 0.495 e. The van der Waals surface area contributed by atoms with E-state index in [0.717, 1.165) is 18.5 Å². The second-order valence-corrected chi connectivity index (χ2v) is 6.28. The highest BCUT2D eigenvalue weighted by molar-refractivity contribution is 6.33. The Labute approximate surface area is 127 Å². The molecule has 114 valence electrons. The van der Waals surface area contributed by atoms with Gasteiger partial charge < -0.3 is 14.8 Å². The molecule has 1 rings (SSSR count). The molecule has 0 saturated heterocycles. The zero-order valence-corrected chi connectivity index (χ0v) is 14.1. The van der Waals surface area contributed by atoms with Crippen LogP contribution in [-0.2, 0) is 5.41 Å². The van der Waals surface area contributed by atoms with Gasteiger partial charge in [0.05, 0.1) is 14.2 Å². The lowest BCUT2D eigenvalue weighted by atomic mass is 9.81. The van der Waals surface area contributed by atoms with Gasteiger partial charge in [-0.2, -0.15) is 0 Å². The lowest BCUT2D eigenvalue weighted by Gasteiger charge is -2.28. The van der Waals surface area contributed by atoms with Gasteiger partial charge in [-0.25, -0.2) is 0 Å². The molecule has 1 aromatic rings. The maximum Gasteiger partial charge on any atom is 0.144 e. The predicted molar refractivity (Wildman–Crippen MR) is 85.3 cm³/mol. The second kappa shape index (κ2) is 7.19. The number of halogens is 1. The van der Waals surface area contributed by atoms with Gasteiger partial charge in [-0.15, -0.1) is 0 Å². The standard InChI is InChI=1S/C16H26ClNO2/c1-11(2)18-10-9-16(3,4)12-7-8-13(19-5)14(17)15(12)20-6/h7-8,11,18H,9-10H2,1-6H3. The zero-order chi connectivity index (χ0) is 15.3. The van der Waals surface area contributed by atoms with Crippen molar-refractivity contribution >= 4 is 11.6 Å². The molecule has 1 aromatic carbocycles. The third kappa shape index (κ3) is 4.03. The van der Waals surface area contributed by atoms with Crippen molar-refractivity contribution in [2.75, 3.05) is 20.8 Å². The summed E-state index contributed by atoms with van der Waals surface area (Å²) in [4.78, 5) is 0. The van der Waals surface area contributed by atoms with Gasteiger partial charge in [0.1, 0.15) is 16.5 Å². The highest BCUT2D eigenvalue weighted by Crippen LogP contribution is 2.42. The summed E-state index contributed by atoms with van der Waals surface area (Å²) in [6, 6.07) is 4.43. The van der Waals surface area contributed by atoms with E-state index in [0.29, 0.717) is 22.6 Å². The monoisotopic (exact) mass is 299 g/mol. The van der Waals surface area contributed by atoms with Gasteiger partial charge in [0, 0.05) is 11.6 Å². The lowest BCUT2D eigenvalue weighted by molar-refractivity contribution is 0.371. The molecule has 4 heteroatoms. The van der Waals surface area contributed by atoms with Gasteiger partial charge in [0.25, 0.3) is 0 Å². The summed E-state index contributed by atoms with van der Waals surface area (Å²) in [5.74, 6) is 1.35. The Morgan fingerprint density at radius 2 is 1.85 bits per heavy atom. The van der Waals surface area contributed by atoms with E-state index in [2.05, 4.69) is 33.0 Å². The number of nitrogens with one attached hydrogen (secondary N) is 1. The minimum atomic E-state index is -0.0247. The Kier molecular flexibility index (Phi) is 6.15. The van der Waals surface area contributed by atoms with Crippen LogP contribution in [0.1, 0.15) is 39.7 Å². The van der Waals surface area contributed by atoms with Gasteiger partial charge in [0.15, 0.2) is 0 Å². The molecule has 0 fully saturated rings. The number of methoxy groups -OCH3 is 2. The SMILES string of the molecule is COc1ccc(C(C)(C)CCNC(C)C)c(OC)c1Cl. The average molecular weight is 300 g/mol. The Morgan fingerprint density at radius 3 is 2.35 bits per heavy atom. The first-order valence-electron chi connectivity index (χ1n) is 6.97. The van der Waals surface area contributed by atoms with Crippen molar-refractivity contribution in [2.24, 2.45) is 0 Å². The van der Waals surface area contributed by atoms with E-state index in [4.69, 9.17) is 21.1 Å². The summed E-state index contributed by atoms with van der Waals surface area (Å²) < 4.78 is 10.7. The van der Waals surface area contributed by atoms with E-state index < -0.39 is 0 Å². The first kappa shape index (κ1) is 17.1. The molecular formula is C16H26ClNO2. The topological polar surface area (TPSA) is 30.5 Å². The van der Waals surface area contributed by atoms with Crippen molar-refractivity contribution in [3.8, 4) is 11.5 Å². The fourth-order valence-electron chi connectivity index (χ4n) is 2.24. The highest BCUT2D eigenvalue weighted by atomic mass is 35.5. The normalized spacial score (nSPS) is 11.8. The zero-order valence-electron chi connectivity index (χ0n) is 13.3. The minimum absolute atomic E-state index is 0.0247. The molecule has 3 nitrogen and oxygen atoms in total. The van der Waals surface area contributed by atoms with Gasteiger partial charge in [-0.05, 0) is 24.4 Å². The van der Waals surface area contributed by atoms with Crippen molar-refractivity contribution in [1.82, 2.24) is 5.32 Å². The molecule has 0 spiro atoms. The number of hydrogen-bond acceptors (Lipinski definition) is 3. The van der Waals surface area contributed by atoms with E-state index in [1.807, 2.05) is 12.1 Å². The molecular weight excluding hydrogens is 274 g/mol. The van der Waals surface area contributed by atoms with Crippen LogP contribution in [0, 0.1) is 0 Å². The van der Waals surface area contributed by atoms with Gasteiger partial charge >= 0.3 is 0 Å². The molecule has 0 aliphatic heterocycles. The summed E-state index contributed by atoms with van der Waals surface area (Å²) in [6.07, 6.45) is 1.00. The molecule has 0 heterocycles. The molecule has 0 aliphatic rings. The third-order valence-corrected chi connectivity index (χ3v) is 3.88. The first-order chi connectivity index (χ1) is 9.33. The van der Waals surface area contributed by atoms with Crippen LogP contribution < -0.4 is 14.8 Å². The van der Waals surface area contributed by atoms with E-state index in [9.17, 15) is 0 Å². The van der Waals surface area contributed by atoms with Crippen LogP contribution in [0.15, 0.2) is 12.1 Å². The fraction of sp³-hybridized carbons (Fsp3) is 0.625. The molecule has 0 saturated carbocycles. The quantitative estimate of drug-likeness (QED) is 0.825. The Bertz CT molecular complexity index is 444. The third-order valence-electron chi connectivity index (χ3n) is 3.52. The highest BCUT2D eigenvalue weighted by Gasteiger charge is 2.26. The number of ether oxygens (including phenoxy) is 2. The van der Waals surface area contributed by atoms with Crippen molar-refractivity contribution < 1.29 is 9.47 Å². The summed E-state index contributed by atoms with van der Waals surface area (Å²) in [5, 5.41) is 3.99. The lowest BCUT2D eigenvalue weighted by Crippen LogP contribution is -2.29. The van der Waals surface area contributed by atoms with Crippen LogP contribution in [0.5, 0.6) is 11.5 Å². The summed E-state index contributed by atoms with van der Waals surface area (Å²) in [5.41, 5.74) is 1.08. The van der Waals surface area contributed by atoms with E-state index in [-0.39, 0.29) is 5.41 Å². The number of hydrogen-bond donors (Lipinski definition) is 1. The van der Waals surface area contributed by atoms with Gasteiger partial charge in [0.2, 0.25) is 0 Å². The molecule has 0 atom stereocenters. The van der Waals surface area contributed by atoms with Crippen molar-refractivity contribution in [1.29, 1.82) is 0 Å². The molecule has 0 aromatic heterocycles. The molecule has 1 N–H and O–H groups in total. The Morgan fingerprint density at radius 1 is 1.20 bits per heavy atom. The predicted octanol–water partition coefficient (Wildman–Crippen LogP) is 4.02. The minimum Gasteiger partial charge on any atom is -0.495 e. The number of benzene rings is 1. The van der Waals surface area contributed by atoms with E-state index >= 15 is 0 Å². The first-order valence-corrected chi connectivity index (χ1v) is 7.35. The van der Waals surface area contributed by atoms with Gasteiger partial charge in [-0.1, -0.05) is 45.4 Å². The van der Waals surface area contributed by atoms with E-state index in [1.54, 1.807) is 14.2 Å². The Balaban J connectivity index is 3.02. The smallest absolute Gasteiger partial charge is 0.144 e. The van der Waals surface area contributed by atoms with Crippen LogP contribution in [0.4, 0.5) is 0 Å². The summed E-state index contributed by atoms with van der Waals surface area (Å²) in [6.45, 7) is 9.67. The Hall–Kier alpha value is -0.930. The van der Waals surface area contributed by atoms with Crippen molar-refractivity contribution in [3.05, 3.63) is 22.7 Å². The van der Waals surface area contributed by atoms with Gasteiger partial charge in [-0.3, -0.25) is 0 Å². The summed E-state index contributed by atoms with van der Waals surface area (Å²) in [7, 11) is 3.25. The average Bonchev–Trinajstić information content (AvgIpc) is 2.37. The molecule has 0 amide bonds. The molecule has 0 unspecified atom stereocenters. The molecule has 20 heavy (non-hydrogen) atoms. The molecule has 0 radical (unpaired) electrons. The maximum absolute atomic E-state index is 6.34. The van der Waals surface area contributed by atoms with Crippen LogP contribution in [0.3, 0.4) is 0 Å². The maximum atomic E-state index is 6.34. The summed E-state index contributed by atoms with van der Waals surface area (Å²) >= 11 is 6.34. The fourth-order valence-corrected chi connectivity index (χ4v) is 2.56. The molecule has 0 bridgehead atoms. The van der Waals surface area contributed by atoms with Crippen molar-refractivity contribution in [3.63, 3.8) is 0 Å². The van der Waals surface area contributed by atoms with Crippen molar-refractivity contribution in [2.45, 2.75) is 45.6 Å². The second-order valence-electron chi connectivity index (χ2n) is 5.91. The number of rotatable bonds is 7. The molecule has 0 aliphatic carbocycles. The van der Waals surface area contributed by atoms with Crippen LogP contribution in [0.25, 0.3) is 0 Å². The van der Waals surface area contributed by atoms with Crippen LogP contribution in [-0.4, -0.2) is 26.8 Å².